The van der Waals surface area contributed by atoms with E-state index < -0.39 is 15.0 Å². The second-order valence-corrected chi connectivity index (χ2v) is 9.85. The predicted octanol–water partition coefficient (Wildman–Crippen LogP) is 5.97. The average molecular weight is 534 g/mol. The summed E-state index contributed by atoms with van der Waals surface area (Å²) in [7, 11) is -3.97. The Labute approximate surface area is 201 Å². The number of non-ortho nitro benzene ring substituents is 1. The average Bonchev–Trinajstić information content (AvgIpc) is 2.84. The molecule has 0 unspecified atom stereocenters. The quantitative estimate of drug-likeness (QED) is 0.0934. The highest BCUT2D eigenvalue weighted by Gasteiger charge is 2.23. The fraction of sp³-hybridized carbons (Fsp3) is 0.250. The third-order valence-electron chi connectivity index (χ3n) is 4.92. The van der Waals surface area contributed by atoms with Crippen LogP contribution in [-0.4, -0.2) is 26.6 Å². The van der Waals surface area contributed by atoms with Gasteiger partial charge in [0.05, 0.1) is 27.4 Å². The van der Waals surface area contributed by atoms with Crippen molar-refractivity contribution >= 4 is 31.7 Å². The molecule has 0 bridgehead atoms. The fourth-order valence-electron chi connectivity index (χ4n) is 3.19. The molecule has 3 rings (SSSR count). The van der Waals surface area contributed by atoms with Gasteiger partial charge in [-0.05, 0) is 36.1 Å². The molecule has 2 atom stereocenters. The molecule has 0 radical (unpaired) electrons. The minimum atomic E-state index is -3.97. The van der Waals surface area contributed by atoms with Gasteiger partial charge in [-0.25, -0.2) is 0 Å². The van der Waals surface area contributed by atoms with Crippen LogP contribution >= 0.6 is 15.9 Å². The van der Waals surface area contributed by atoms with Crippen molar-refractivity contribution in [2.24, 2.45) is 0 Å². The van der Waals surface area contributed by atoms with Crippen LogP contribution in [0.3, 0.4) is 0 Å². The van der Waals surface area contributed by atoms with Crippen LogP contribution < -0.4 is 0 Å². The van der Waals surface area contributed by atoms with Crippen LogP contribution in [-0.2, 0) is 19.0 Å². The van der Waals surface area contributed by atoms with E-state index in [9.17, 15) is 18.5 Å². The van der Waals surface area contributed by atoms with E-state index in [1.807, 2.05) is 60.7 Å². The molecular formula is C24H24BrNO6S. The molecule has 0 N–H and O–H groups in total. The van der Waals surface area contributed by atoms with Crippen LogP contribution in [0.5, 0.6) is 0 Å². The van der Waals surface area contributed by atoms with Crippen LogP contribution in [0.15, 0.2) is 89.8 Å². The summed E-state index contributed by atoms with van der Waals surface area (Å²) in [4.78, 5) is 9.96. The van der Waals surface area contributed by atoms with Crippen LogP contribution in [0.2, 0.25) is 0 Å². The van der Waals surface area contributed by atoms with E-state index in [4.69, 9.17) is 8.92 Å². The number of nitro benzene ring substituents is 1. The van der Waals surface area contributed by atoms with Crippen LogP contribution in [0.1, 0.15) is 34.9 Å². The monoisotopic (exact) mass is 533 g/mol. The molecule has 33 heavy (non-hydrogen) atoms. The molecule has 7 nitrogen and oxygen atoms in total. The lowest BCUT2D eigenvalue weighted by Crippen LogP contribution is -2.12. The second kappa shape index (κ2) is 12.0. The molecule has 0 heterocycles. The van der Waals surface area contributed by atoms with Gasteiger partial charge in [-0.1, -0.05) is 76.6 Å². The first-order valence-corrected chi connectivity index (χ1v) is 12.7. The highest BCUT2D eigenvalue weighted by Crippen LogP contribution is 2.38. The number of hydrogen-bond acceptors (Lipinski definition) is 6. The maximum absolute atomic E-state index is 12.3. The van der Waals surface area contributed by atoms with Gasteiger partial charge in [0.25, 0.3) is 15.8 Å². The van der Waals surface area contributed by atoms with Gasteiger partial charge in [0.15, 0.2) is 0 Å². The number of nitrogens with zero attached hydrogens (tertiary/aromatic N) is 1. The largest absolute Gasteiger partial charge is 0.372 e. The third kappa shape index (κ3) is 7.20. The molecule has 0 saturated heterocycles. The standard InChI is InChI=1S/C24H24BrNO6S/c25-23(19-9-3-1-4-10-19)24(20-11-5-2-6-12-20)31-17-7-8-18-32-33(29,30)22-15-13-21(14-16-22)26(27)28/h1-6,9-16,23-24H,7-8,17-18H2/t23-,24+/m0/s1. The van der Waals surface area contributed by atoms with Crippen molar-refractivity contribution in [2.45, 2.75) is 28.7 Å². The van der Waals surface area contributed by atoms with Crippen molar-refractivity contribution in [3.05, 3.63) is 106 Å². The zero-order valence-corrected chi connectivity index (χ0v) is 20.2. The fourth-order valence-corrected chi connectivity index (χ4v) is 4.90. The van der Waals surface area contributed by atoms with Crippen molar-refractivity contribution in [2.75, 3.05) is 13.2 Å². The smallest absolute Gasteiger partial charge is 0.296 e. The van der Waals surface area contributed by atoms with Crippen LogP contribution in [0.4, 0.5) is 5.69 Å². The number of unbranched alkanes of at least 4 members (excludes halogenated alkanes) is 1. The summed E-state index contributed by atoms with van der Waals surface area (Å²) >= 11 is 3.77. The van der Waals surface area contributed by atoms with Crippen molar-refractivity contribution in [1.29, 1.82) is 0 Å². The maximum Gasteiger partial charge on any atom is 0.296 e. The first-order chi connectivity index (χ1) is 15.9. The van der Waals surface area contributed by atoms with Gasteiger partial charge >= 0.3 is 0 Å². The number of hydrogen-bond donors (Lipinski definition) is 0. The summed E-state index contributed by atoms with van der Waals surface area (Å²) in [6, 6.07) is 24.5. The van der Waals surface area contributed by atoms with Crippen molar-refractivity contribution < 1.29 is 22.3 Å². The molecule has 3 aromatic rings. The number of alkyl halides is 1. The number of halogens is 1. The van der Waals surface area contributed by atoms with E-state index in [1.165, 1.54) is 12.1 Å². The van der Waals surface area contributed by atoms with E-state index in [0.29, 0.717) is 19.4 Å². The first-order valence-electron chi connectivity index (χ1n) is 10.4. The van der Waals surface area contributed by atoms with Gasteiger partial charge in [0.1, 0.15) is 0 Å². The molecule has 0 aromatic heterocycles. The molecule has 0 aliphatic rings. The minimum absolute atomic E-state index is 0.00485. The third-order valence-corrected chi connectivity index (χ3v) is 7.26. The number of nitro groups is 1. The van der Waals surface area contributed by atoms with E-state index >= 15 is 0 Å². The zero-order valence-electron chi connectivity index (χ0n) is 17.7. The molecule has 0 spiro atoms. The Morgan fingerprint density at radius 3 is 1.94 bits per heavy atom. The van der Waals surface area contributed by atoms with Gasteiger partial charge in [0, 0.05) is 18.7 Å². The zero-order chi connectivity index (χ0) is 23.7. The molecule has 0 fully saturated rings. The van der Waals surface area contributed by atoms with Crippen molar-refractivity contribution in [3.8, 4) is 0 Å². The Kier molecular flexibility index (Phi) is 9.13. The van der Waals surface area contributed by atoms with Crippen molar-refractivity contribution in [1.82, 2.24) is 0 Å². The SMILES string of the molecule is O=[N+]([O-])c1ccc(S(=O)(=O)OCCCCO[C@H](c2ccccc2)[C@@H](Br)c2ccccc2)cc1. The summed E-state index contributed by atoms with van der Waals surface area (Å²) in [5.41, 5.74) is 1.96. The molecule has 0 amide bonds. The summed E-state index contributed by atoms with van der Waals surface area (Å²) in [6.45, 7) is 0.421. The number of rotatable bonds is 12. The first kappa shape index (κ1) is 25.0. The predicted molar refractivity (Wildman–Crippen MR) is 129 cm³/mol. The topological polar surface area (TPSA) is 95.7 Å². The molecule has 0 aliphatic carbocycles. The normalized spacial score (nSPS) is 13.4. The summed E-state index contributed by atoms with van der Waals surface area (Å²) in [6.07, 6.45) is 0.873. The van der Waals surface area contributed by atoms with Crippen LogP contribution in [0, 0.1) is 10.1 Å². The Bertz CT molecular complexity index is 1120. The highest BCUT2D eigenvalue weighted by molar-refractivity contribution is 9.09. The molecular weight excluding hydrogens is 510 g/mol. The molecule has 174 valence electrons. The summed E-state index contributed by atoms with van der Waals surface area (Å²) in [5, 5.41) is 10.7. The van der Waals surface area contributed by atoms with Gasteiger partial charge in [-0.2, -0.15) is 8.42 Å². The Morgan fingerprint density at radius 1 is 0.818 bits per heavy atom. The minimum Gasteiger partial charge on any atom is -0.372 e. The highest BCUT2D eigenvalue weighted by atomic mass is 79.9. The summed E-state index contributed by atoms with van der Waals surface area (Å²) in [5.74, 6) is 0. The van der Waals surface area contributed by atoms with Gasteiger partial charge in [-0.15, -0.1) is 0 Å². The number of ether oxygens (including phenoxy) is 1. The molecule has 9 heteroatoms. The Morgan fingerprint density at radius 2 is 1.36 bits per heavy atom. The Hall–Kier alpha value is -2.59. The molecule has 0 saturated carbocycles. The number of benzene rings is 3. The lowest BCUT2D eigenvalue weighted by molar-refractivity contribution is -0.384. The van der Waals surface area contributed by atoms with E-state index in [2.05, 4.69) is 15.9 Å². The van der Waals surface area contributed by atoms with Crippen LogP contribution in [0.25, 0.3) is 0 Å². The molecule has 3 aromatic carbocycles. The van der Waals surface area contributed by atoms with E-state index in [0.717, 1.165) is 23.3 Å². The lowest BCUT2D eigenvalue weighted by atomic mass is 10.0. The summed E-state index contributed by atoms with van der Waals surface area (Å²) < 4.78 is 35.8. The molecule has 0 aliphatic heterocycles. The van der Waals surface area contributed by atoms with Gasteiger partial charge < -0.3 is 4.74 Å². The van der Waals surface area contributed by atoms with E-state index in [1.54, 1.807) is 0 Å². The maximum atomic E-state index is 12.3. The Balaban J connectivity index is 1.51. The van der Waals surface area contributed by atoms with E-state index in [-0.39, 0.29) is 28.1 Å². The van der Waals surface area contributed by atoms with Gasteiger partial charge in [0.2, 0.25) is 0 Å². The van der Waals surface area contributed by atoms with Crippen molar-refractivity contribution in [3.63, 3.8) is 0 Å². The lowest BCUT2D eigenvalue weighted by Gasteiger charge is -2.24. The van der Waals surface area contributed by atoms with Gasteiger partial charge in [-0.3, -0.25) is 14.3 Å². The second-order valence-electron chi connectivity index (χ2n) is 7.25.